The van der Waals surface area contributed by atoms with E-state index in [-0.39, 0.29) is 18.3 Å². The molecule has 5 nitrogen and oxygen atoms in total. The summed E-state index contributed by atoms with van der Waals surface area (Å²) in [6.45, 7) is 3.74. The molecule has 2 heterocycles. The molecule has 3 rings (SSSR count). The molecular weight excluding hydrogens is 344 g/mol. The second-order valence-corrected chi connectivity index (χ2v) is 7.13. The van der Waals surface area contributed by atoms with E-state index in [9.17, 15) is 4.79 Å². The van der Waals surface area contributed by atoms with Crippen LogP contribution < -0.4 is 11.1 Å². The molecule has 0 spiro atoms. The molecule has 1 aliphatic heterocycles. The van der Waals surface area contributed by atoms with Crippen molar-refractivity contribution in [1.82, 2.24) is 15.2 Å². The SMILES string of the molecule is Cl.Nc1ncc(CN2CCCC(CNC(=O)c3ccccc3)C2)s1. The normalized spacial score (nSPS) is 17.9. The fraction of sp³-hybridized carbons (Fsp3) is 0.412. The number of rotatable bonds is 5. The first-order valence-corrected chi connectivity index (χ1v) is 8.78. The quantitative estimate of drug-likeness (QED) is 0.853. The Balaban J connectivity index is 0.00000208. The largest absolute Gasteiger partial charge is 0.375 e. The van der Waals surface area contributed by atoms with Crippen LogP contribution in [0.1, 0.15) is 28.1 Å². The van der Waals surface area contributed by atoms with E-state index >= 15 is 0 Å². The topological polar surface area (TPSA) is 71.2 Å². The van der Waals surface area contributed by atoms with Gasteiger partial charge < -0.3 is 11.1 Å². The van der Waals surface area contributed by atoms with Crippen molar-refractivity contribution in [2.75, 3.05) is 25.4 Å². The summed E-state index contributed by atoms with van der Waals surface area (Å²) in [7, 11) is 0. The summed E-state index contributed by atoms with van der Waals surface area (Å²) in [4.78, 5) is 19.9. The van der Waals surface area contributed by atoms with Crippen LogP contribution in [-0.4, -0.2) is 35.4 Å². The van der Waals surface area contributed by atoms with Gasteiger partial charge in [-0.1, -0.05) is 18.2 Å². The molecular formula is C17H23ClN4OS. The van der Waals surface area contributed by atoms with E-state index in [1.165, 1.54) is 11.3 Å². The number of hydrogen-bond donors (Lipinski definition) is 2. The zero-order valence-electron chi connectivity index (χ0n) is 13.5. The van der Waals surface area contributed by atoms with Gasteiger partial charge in [0.25, 0.3) is 5.91 Å². The zero-order chi connectivity index (χ0) is 16.1. The first-order valence-electron chi connectivity index (χ1n) is 7.96. The number of thiazole rings is 1. The fourth-order valence-electron chi connectivity index (χ4n) is 3.01. The van der Waals surface area contributed by atoms with E-state index in [0.29, 0.717) is 11.0 Å². The van der Waals surface area contributed by atoms with Gasteiger partial charge in [0.15, 0.2) is 5.13 Å². The number of likely N-dealkylation sites (tertiary alicyclic amines) is 1. The van der Waals surface area contributed by atoms with Gasteiger partial charge in [-0.15, -0.1) is 23.7 Å². The highest BCUT2D eigenvalue weighted by Crippen LogP contribution is 2.21. The molecule has 1 fully saturated rings. The molecule has 0 saturated carbocycles. The molecule has 1 unspecified atom stereocenters. The van der Waals surface area contributed by atoms with E-state index in [1.54, 1.807) is 11.3 Å². The molecule has 1 saturated heterocycles. The number of anilines is 1. The van der Waals surface area contributed by atoms with E-state index in [1.807, 2.05) is 36.5 Å². The van der Waals surface area contributed by atoms with Crippen molar-refractivity contribution in [3.05, 3.63) is 47.0 Å². The Morgan fingerprint density at radius 3 is 2.88 bits per heavy atom. The highest BCUT2D eigenvalue weighted by atomic mass is 35.5. The molecule has 1 aliphatic rings. The summed E-state index contributed by atoms with van der Waals surface area (Å²) in [6.07, 6.45) is 4.19. The Hall–Kier alpha value is -1.63. The number of amides is 1. The molecule has 1 atom stereocenters. The lowest BCUT2D eigenvalue weighted by molar-refractivity contribution is 0.0931. The van der Waals surface area contributed by atoms with Crippen LogP contribution >= 0.6 is 23.7 Å². The lowest BCUT2D eigenvalue weighted by Crippen LogP contribution is -2.40. The first-order chi connectivity index (χ1) is 11.2. The second kappa shape index (κ2) is 9.01. The number of carbonyl (C=O) groups excluding carboxylic acids is 1. The number of nitrogens with two attached hydrogens (primary N) is 1. The molecule has 0 radical (unpaired) electrons. The minimum Gasteiger partial charge on any atom is -0.375 e. The molecule has 3 N–H and O–H groups in total. The summed E-state index contributed by atoms with van der Waals surface area (Å²) in [5.41, 5.74) is 6.41. The summed E-state index contributed by atoms with van der Waals surface area (Å²) in [6, 6.07) is 9.38. The van der Waals surface area contributed by atoms with Crippen molar-refractivity contribution < 1.29 is 4.79 Å². The number of nitrogen functional groups attached to an aromatic ring is 1. The maximum atomic E-state index is 12.1. The lowest BCUT2D eigenvalue weighted by Gasteiger charge is -2.32. The third kappa shape index (κ3) is 5.19. The molecule has 130 valence electrons. The maximum Gasteiger partial charge on any atom is 0.251 e. The van der Waals surface area contributed by atoms with Gasteiger partial charge in [0, 0.05) is 36.3 Å². The van der Waals surface area contributed by atoms with Crippen molar-refractivity contribution in [2.45, 2.75) is 19.4 Å². The van der Waals surface area contributed by atoms with Crippen molar-refractivity contribution in [1.29, 1.82) is 0 Å². The number of benzene rings is 1. The number of aromatic nitrogens is 1. The summed E-state index contributed by atoms with van der Waals surface area (Å²) >= 11 is 1.55. The molecule has 7 heteroatoms. The standard InChI is InChI=1S/C17H22N4OS.ClH/c18-17-20-10-15(23-17)12-21-8-4-5-13(11-21)9-19-16(22)14-6-2-1-3-7-14;/h1-3,6-7,10,13H,4-5,8-9,11-12H2,(H2,18,20)(H,19,22);1H. The molecule has 1 amide bonds. The van der Waals surface area contributed by atoms with Gasteiger partial charge in [0.05, 0.1) is 0 Å². The van der Waals surface area contributed by atoms with Crippen LogP contribution in [0, 0.1) is 5.92 Å². The minimum absolute atomic E-state index is 0. The van der Waals surface area contributed by atoms with Crippen LogP contribution in [0.5, 0.6) is 0 Å². The van der Waals surface area contributed by atoms with E-state index in [2.05, 4.69) is 15.2 Å². The molecule has 1 aromatic heterocycles. The lowest BCUT2D eigenvalue weighted by atomic mass is 9.98. The highest BCUT2D eigenvalue weighted by Gasteiger charge is 2.21. The van der Waals surface area contributed by atoms with Gasteiger partial charge in [-0.25, -0.2) is 4.98 Å². The van der Waals surface area contributed by atoms with E-state index in [4.69, 9.17) is 5.73 Å². The van der Waals surface area contributed by atoms with Crippen molar-refractivity contribution in [3.8, 4) is 0 Å². The molecule has 24 heavy (non-hydrogen) atoms. The highest BCUT2D eigenvalue weighted by molar-refractivity contribution is 7.15. The monoisotopic (exact) mass is 366 g/mol. The third-order valence-corrected chi connectivity index (χ3v) is 4.95. The number of nitrogens with zero attached hydrogens (tertiary/aromatic N) is 2. The molecule has 0 bridgehead atoms. The Morgan fingerprint density at radius 1 is 1.38 bits per heavy atom. The molecule has 2 aromatic rings. The number of piperidine rings is 1. The average molecular weight is 367 g/mol. The zero-order valence-corrected chi connectivity index (χ0v) is 15.1. The first kappa shape index (κ1) is 18.7. The second-order valence-electron chi connectivity index (χ2n) is 5.98. The number of carbonyl (C=O) groups is 1. The Bertz CT molecular complexity index is 649. The van der Waals surface area contributed by atoms with Gasteiger partial charge in [-0.05, 0) is 37.4 Å². The van der Waals surface area contributed by atoms with Crippen LogP contribution in [0.15, 0.2) is 36.5 Å². The van der Waals surface area contributed by atoms with Gasteiger partial charge in [0.2, 0.25) is 0 Å². The van der Waals surface area contributed by atoms with Gasteiger partial charge in [0.1, 0.15) is 0 Å². The summed E-state index contributed by atoms with van der Waals surface area (Å²) < 4.78 is 0. The van der Waals surface area contributed by atoms with Crippen LogP contribution in [-0.2, 0) is 6.54 Å². The van der Waals surface area contributed by atoms with Crippen LogP contribution in [0.2, 0.25) is 0 Å². The van der Waals surface area contributed by atoms with Crippen molar-refractivity contribution in [2.24, 2.45) is 5.92 Å². The van der Waals surface area contributed by atoms with Gasteiger partial charge in [-0.2, -0.15) is 0 Å². The molecule has 1 aromatic carbocycles. The van der Waals surface area contributed by atoms with E-state index in [0.717, 1.165) is 38.2 Å². The summed E-state index contributed by atoms with van der Waals surface area (Å²) in [5, 5.41) is 3.69. The Morgan fingerprint density at radius 2 is 2.17 bits per heavy atom. The fourth-order valence-corrected chi connectivity index (χ4v) is 3.73. The average Bonchev–Trinajstić information content (AvgIpc) is 2.99. The number of halogens is 1. The van der Waals surface area contributed by atoms with Gasteiger partial charge >= 0.3 is 0 Å². The Kier molecular flexibility index (Phi) is 7.02. The third-order valence-electron chi connectivity index (χ3n) is 4.14. The number of hydrogen-bond acceptors (Lipinski definition) is 5. The summed E-state index contributed by atoms with van der Waals surface area (Å²) in [5.74, 6) is 0.514. The van der Waals surface area contributed by atoms with Crippen LogP contribution in [0.25, 0.3) is 0 Å². The van der Waals surface area contributed by atoms with Crippen molar-refractivity contribution in [3.63, 3.8) is 0 Å². The maximum absolute atomic E-state index is 12.1. The predicted molar refractivity (Wildman–Crippen MR) is 101 cm³/mol. The van der Waals surface area contributed by atoms with Gasteiger partial charge in [-0.3, -0.25) is 9.69 Å². The smallest absolute Gasteiger partial charge is 0.251 e. The number of nitrogens with one attached hydrogen (secondary N) is 1. The Labute approximate surface area is 152 Å². The minimum atomic E-state index is 0. The van der Waals surface area contributed by atoms with Crippen LogP contribution in [0.4, 0.5) is 5.13 Å². The van der Waals surface area contributed by atoms with E-state index < -0.39 is 0 Å². The molecule has 0 aliphatic carbocycles. The van der Waals surface area contributed by atoms with Crippen molar-refractivity contribution >= 4 is 34.8 Å². The van der Waals surface area contributed by atoms with Crippen LogP contribution in [0.3, 0.4) is 0 Å². The predicted octanol–water partition coefficient (Wildman–Crippen LogP) is 2.79.